The predicted octanol–water partition coefficient (Wildman–Crippen LogP) is 6.72. The summed E-state index contributed by atoms with van der Waals surface area (Å²) in [7, 11) is 0. The van der Waals surface area contributed by atoms with Gasteiger partial charge in [0.15, 0.2) is 0 Å². The van der Waals surface area contributed by atoms with E-state index in [1.165, 1.54) is 17.8 Å². The molecule has 0 unspecified atom stereocenters. The molecular weight excluding hydrogens is 463 g/mol. The minimum Gasteiger partial charge on any atom is -0.444 e. The van der Waals surface area contributed by atoms with Crippen LogP contribution in [0.25, 0.3) is 0 Å². The SMILES string of the molecule is CC(C)(C)OC(=O)N[C@](C)(CO)CCc1ccc(Sc2cccc(C(F)(F)F)c2)cc1Cl. The second-order valence-corrected chi connectivity index (χ2v) is 10.3. The van der Waals surface area contributed by atoms with Crippen LogP contribution in [0.2, 0.25) is 5.02 Å². The highest BCUT2D eigenvalue weighted by Crippen LogP contribution is 2.36. The minimum absolute atomic E-state index is 0.284. The smallest absolute Gasteiger partial charge is 0.416 e. The van der Waals surface area contributed by atoms with Gasteiger partial charge in [-0.2, -0.15) is 13.2 Å². The predicted molar refractivity (Wildman–Crippen MR) is 120 cm³/mol. The van der Waals surface area contributed by atoms with E-state index in [4.69, 9.17) is 16.3 Å². The summed E-state index contributed by atoms with van der Waals surface area (Å²) in [4.78, 5) is 13.2. The Morgan fingerprint density at radius 1 is 1.09 bits per heavy atom. The van der Waals surface area contributed by atoms with Gasteiger partial charge < -0.3 is 15.2 Å². The molecule has 32 heavy (non-hydrogen) atoms. The number of hydrogen-bond donors (Lipinski definition) is 2. The van der Waals surface area contributed by atoms with Gasteiger partial charge in [-0.05, 0) is 76.4 Å². The average molecular weight is 490 g/mol. The van der Waals surface area contributed by atoms with Crippen LogP contribution in [0.1, 0.15) is 45.2 Å². The summed E-state index contributed by atoms with van der Waals surface area (Å²) in [6.45, 7) is 6.68. The van der Waals surface area contributed by atoms with E-state index in [1.54, 1.807) is 52.0 Å². The summed E-state index contributed by atoms with van der Waals surface area (Å²) in [5.74, 6) is 0. The number of nitrogens with one attached hydrogen (secondary N) is 1. The van der Waals surface area contributed by atoms with Crippen molar-refractivity contribution in [2.45, 2.75) is 67.6 Å². The van der Waals surface area contributed by atoms with Crippen LogP contribution in [0.4, 0.5) is 18.0 Å². The first-order chi connectivity index (χ1) is 14.7. The molecule has 0 aliphatic rings. The van der Waals surface area contributed by atoms with Crippen LogP contribution in [-0.4, -0.2) is 28.9 Å². The highest BCUT2D eigenvalue weighted by molar-refractivity contribution is 7.99. The van der Waals surface area contributed by atoms with Gasteiger partial charge in [-0.25, -0.2) is 4.79 Å². The Bertz CT molecular complexity index is 947. The molecule has 0 fully saturated rings. The van der Waals surface area contributed by atoms with E-state index < -0.39 is 29.0 Å². The van der Waals surface area contributed by atoms with E-state index in [-0.39, 0.29) is 6.61 Å². The van der Waals surface area contributed by atoms with Crippen LogP contribution in [0.5, 0.6) is 0 Å². The van der Waals surface area contributed by atoms with Gasteiger partial charge in [0.1, 0.15) is 5.60 Å². The van der Waals surface area contributed by atoms with E-state index >= 15 is 0 Å². The molecule has 2 N–H and O–H groups in total. The topological polar surface area (TPSA) is 58.6 Å². The fraction of sp³-hybridized carbons (Fsp3) is 0.435. The molecule has 0 aliphatic carbocycles. The monoisotopic (exact) mass is 489 g/mol. The number of carbonyl (C=O) groups is 1. The van der Waals surface area contributed by atoms with Crippen LogP contribution >= 0.6 is 23.4 Å². The number of benzene rings is 2. The third-order valence-corrected chi connectivity index (χ3v) is 5.85. The molecule has 2 rings (SSSR count). The number of aryl methyl sites for hydroxylation is 1. The molecule has 1 amide bonds. The van der Waals surface area contributed by atoms with Gasteiger partial charge in [0.05, 0.1) is 17.7 Å². The molecule has 1 atom stereocenters. The van der Waals surface area contributed by atoms with Crippen molar-refractivity contribution in [2.24, 2.45) is 0 Å². The van der Waals surface area contributed by atoms with E-state index in [2.05, 4.69) is 5.32 Å². The lowest BCUT2D eigenvalue weighted by atomic mass is 9.94. The van der Waals surface area contributed by atoms with E-state index in [1.807, 2.05) is 0 Å². The first kappa shape index (κ1) is 26.4. The van der Waals surface area contributed by atoms with Crippen LogP contribution in [0, 0.1) is 0 Å². The van der Waals surface area contributed by atoms with Crippen molar-refractivity contribution in [1.82, 2.24) is 5.32 Å². The number of aliphatic hydroxyl groups excluding tert-OH is 1. The molecule has 4 nitrogen and oxygen atoms in total. The zero-order chi connectivity index (χ0) is 24.2. The van der Waals surface area contributed by atoms with Gasteiger partial charge >= 0.3 is 12.3 Å². The van der Waals surface area contributed by atoms with Gasteiger partial charge in [-0.3, -0.25) is 0 Å². The number of hydrogen-bond acceptors (Lipinski definition) is 4. The molecule has 176 valence electrons. The Hall–Kier alpha value is -1.90. The number of alkyl halides is 3. The second-order valence-electron chi connectivity index (χ2n) is 8.73. The van der Waals surface area contributed by atoms with Crippen molar-refractivity contribution < 1.29 is 27.8 Å². The molecule has 2 aromatic rings. The highest BCUT2D eigenvalue weighted by atomic mass is 35.5. The summed E-state index contributed by atoms with van der Waals surface area (Å²) in [6.07, 6.45) is -4.14. The zero-order valence-electron chi connectivity index (χ0n) is 18.3. The standard InChI is InChI=1S/C23H27ClF3NO3S/c1-21(2,3)31-20(30)28-22(4,14-29)11-10-15-8-9-18(13-19(15)24)32-17-7-5-6-16(12-17)23(25,26)27/h5-9,12-13,29H,10-11,14H2,1-4H3,(H,28,30)/t22-/m0/s1. The minimum atomic E-state index is -4.40. The lowest BCUT2D eigenvalue weighted by Crippen LogP contribution is -2.50. The normalized spacial score (nSPS) is 14.0. The molecule has 0 bridgehead atoms. The maximum Gasteiger partial charge on any atom is 0.416 e. The molecule has 0 aliphatic heterocycles. The Kier molecular flexibility index (Phi) is 8.53. The Morgan fingerprint density at radius 2 is 1.75 bits per heavy atom. The van der Waals surface area contributed by atoms with Crippen LogP contribution < -0.4 is 5.32 Å². The van der Waals surface area contributed by atoms with Crippen molar-refractivity contribution in [2.75, 3.05) is 6.61 Å². The quantitative estimate of drug-likeness (QED) is 0.453. The summed E-state index contributed by atoms with van der Waals surface area (Å²) < 4.78 is 44.0. The molecular formula is C23H27ClF3NO3S. The fourth-order valence-corrected chi connectivity index (χ4v) is 4.07. The van der Waals surface area contributed by atoms with Gasteiger partial charge in [-0.15, -0.1) is 0 Å². The average Bonchev–Trinajstić information content (AvgIpc) is 2.65. The van der Waals surface area contributed by atoms with Crippen LogP contribution in [-0.2, 0) is 17.3 Å². The second kappa shape index (κ2) is 10.4. The number of carbonyl (C=O) groups excluding carboxylic acids is 1. The number of halogens is 4. The molecule has 9 heteroatoms. The Morgan fingerprint density at radius 3 is 2.31 bits per heavy atom. The maximum atomic E-state index is 12.9. The van der Waals surface area contributed by atoms with Gasteiger partial charge in [0.2, 0.25) is 0 Å². The lowest BCUT2D eigenvalue weighted by molar-refractivity contribution is -0.137. The summed E-state index contributed by atoms with van der Waals surface area (Å²) in [5, 5.41) is 12.9. The van der Waals surface area contributed by atoms with Crippen molar-refractivity contribution in [3.8, 4) is 0 Å². The number of amides is 1. The number of aliphatic hydroxyl groups is 1. The van der Waals surface area contributed by atoms with Crippen molar-refractivity contribution in [1.29, 1.82) is 0 Å². The first-order valence-electron chi connectivity index (χ1n) is 9.96. The third kappa shape index (κ3) is 8.22. The summed E-state index contributed by atoms with van der Waals surface area (Å²) >= 11 is 7.58. The van der Waals surface area contributed by atoms with Crippen molar-refractivity contribution in [3.05, 3.63) is 58.6 Å². The fourth-order valence-electron chi connectivity index (χ4n) is 2.81. The molecule has 0 saturated carbocycles. The number of ether oxygens (including phenoxy) is 1. The van der Waals surface area contributed by atoms with E-state index in [9.17, 15) is 23.1 Å². The molecule has 0 saturated heterocycles. The Labute approximate surface area is 195 Å². The van der Waals surface area contributed by atoms with Gasteiger partial charge in [0, 0.05) is 14.8 Å². The van der Waals surface area contributed by atoms with Gasteiger partial charge in [0.25, 0.3) is 0 Å². The van der Waals surface area contributed by atoms with Crippen molar-refractivity contribution in [3.63, 3.8) is 0 Å². The lowest BCUT2D eigenvalue weighted by Gasteiger charge is -2.30. The number of alkyl carbamates (subject to hydrolysis) is 1. The number of rotatable bonds is 7. The van der Waals surface area contributed by atoms with E-state index in [0.29, 0.717) is 27.7 Å². The van der Waals surface area contributed by atoms with Crippen molar-refractivity contribution >= 4 is 29.5 Å². The van der Waals surface area contributed by atoms with Crippen LogP contribution in [0.15, 0.2) is 52.3 Å². The highest BCUT2D eigenvalue weighted by Gasteiger charge is 2.30. The zero-order valence-corrected chi connectivity index (χ0v) is 19.9. The molecule has 0 radical (unpaired) electrons. The largest absolute Gasteiger partial charge is 0.444 e. The molecule has 0 aromatic heterocycles. The third-order valence-electron chi connectivity index (χ3n) is 4.52. The molecule has 2 aromatic carbocycles. The molecule has 0 heterocycles. The molecule has 0 spiro atoms. The van der Waals surface area contributed by atoms with E-state index in [0.717, 1.165) is 17.7 Å². The van der Waals surface area contributed by atoms with Gasteiger partial charge in [-0.1, -0.05) is 35.5 Å². The summed E-state index contributed by atoms with van der Waals surface area (Å²) in [6, 6.07) is 10.4. The summed E-state index contributed by atoms with van der Waals surface area (Å²) in [5.41, 5.74) is -1.47. The van der Waals surface area contributed by atoms with Crippen LogP contribution in [0.3, 0.4) is 0 Å². The first-order valence-corrected chi connectivity index (χ1v) is 11.2. The maximum absolute atomic E-state index is 12.9. The Balaban J connectivity index is 2.05.